The maximum atomic E-state index is 12.8. The number of rotatable bonds is 4. The molecule has 0 unspecified atom stereocenters. The normalized spacial score (nSPS) is 11.7. The van der Waals surface area contributed by atoms with E-state index in [1.165, 1.54) is 23.5 Å². The first-order valence-corrected chi connectivity index (χ1v) is 8.97. The van der Waals surface area contributed by atoms with Crippen molar-refractivity contribution in [2.45, 2.75) is 26.4 Å². The van der Waals surface area contributed by atoms with Gasteiger partial charge in [0.25, 0.3) is 5.56 Å². The van der Waals surface area contributed by atoms with E-state index in [9.17, 15) is 18.0 Å². The van der Waals surface area contributed by atoms with Crippen molar-refractivity contribution < 1.29 is 13.2 Å². The minimum atomic E-state index is -4.38. The van der Waals surface area contributed by atoms with Crippen molar-refractivity contribution in [3.63, 3.8) is 0 Å². The Morgan fingerprint density at radius 3 is 2.42 bits per heavy atom. The summed E-state index contributed by atoms with van der Waals surface area (Å²) >= 11 is 1.35. The number of alkyl halides is 3. The number of anilines is 2. The quantitative estimate of drug-likeness (QED) is 0.598. The number of halogens is 3. The summed E-state index contributed by atoms with van der Waals surface area (Å²) in [5.74, 6) is 0. The maximum absolute atomic E-state index is 12.8. The molecule has 0 atom stereocenters. The highest BCUT2D eigenvalue weighted by atomic mass is 32.1. The molecule has 0 aliphatic carbocycles. The van der Waals surface area contributed by atoms with Crippen LogP contribution in [0.15, 0.2) is 47.3 Å². The zero-order chi connectivity index (χ0) is 18.9. The second-order valence-electron chi connectivity index (χ2n) is 6.00. The highest BCUT2D eigenvalue weighted by Crippen LogP contribution is 2.34. The molecular formula is C19H17F3N2OS. The predicted molar refractivity (Wildman–Crippen MR) is 99.4 cm³/mol. The Hall–Kier alpha value is -2.41. The summed E-state index contributed by atoms with van der Waals surface area (Å²) in [7, 11) is 0. The van der Waals surface area contributed by atoms with E-state index in [0.717, 1.165) is 28.8 Å². The summed E-state index contributed by atoms with van der Waals surface area (Å²) in [6.45, 7) is 4.42. The van der Waals surface area contributed by atoms with Gasteiger partial charge in [-0.05, 0) is 49.7 Å². The van der Waals surface area contributed by atoms with Crippen molar-refractivity contribution in [2.24, 2.45) is 0 Å². The molecule has 3 aromatic rings. The van der Waals surface area contributed by atoms with E-state index in [0.29, 0.717) is 22.7 Å². The zero-order valence-corrected chi connectivity index (χ0v) is 15.1. The zero-order valence-electron chi connectivity index (χ0n) is 14.3. The van der Waals surface area contributed by atoms with E-state index in [2.05, 4.69) is 4.98 Å². The molecule has 26 heavy (non-hydrogen) atoms. The second-order valence-corrected chi connectivity index (χ2v) is 7.01. The van der Waals surface area contributed by atoms with E-state index < -0.39 is 11.7 Å². The van der Waals surface area contributed by atoms with Gasteiger partial charge in [-0.1, -0.05) is 29.9 Å². The average Bonchev–Trinajstić information content (AvgIpc) is 2.59. The van der Waals surface area contributed by atoms with Crippen LogP contribution in [0.1, 0.15) is 24.5 Å². The Morgan fingerprint density at radius 2 is 1.81 bits per heavy atom. The monoisotopic (exact) mass is 378 g/mol. The van der Waals surface area contributed by atoms with Gasteiger partial charge in [0.1, 0.15) is 0 Å². The fourth-order valence-electron chi connectivity index (χ4n) is 2.67. The minimum absolute atomic E-state index is 0.328. The fourth-order valence-corrected chi connectivity index (χ4v) is 3.70. The third-order valence-corrected chi connectivity index (χ3v) is 5.02. The Balaban J connectivity index is 2.07. The van der Waals surface area contributed by atoms with E-state index in [4.69, 9.17) is 0 Å². The summed E-state index contributed by atoms with van der Waals surface area (Å²) in [6, 6.07) is 10.5. The van der Waals surface area contributed by atoms with Gasteiger partial charge in [0.2, 0.25) is 0 Å². The second kappa shape index (κ2) is 7.07. The topological polar surface area (TPSA) is 33.2 Å². The van der Waals surface area contributed by atoms with Crippen LogP contribution in [0.25, 0.3) is 10.1 Å². The molecule has 0 saturated heterocycles. The van der Waals surface area contributed by atoms with Gasteiger partial charge < -0.3 is 4.90 Å². The van der Waals surface area contributed by atoms with Gasteiger partial charge in [-0.3, -0.25) is 4.79 Å². The lowest BCUT2D eigenvalue weighted by Gasteiger charge is -2.23. The largest absolute Gasteiger partial charge is 0.416 e. The molecule has 0 N–H and O–H groups in total. The molecule has 1 heterocycles. The molecule has 2 aromatic carbocycles. The number of aromatic nitrogens is 1. The molecule has 0 spiro atoms. The number of nitrogens with zero attached hydrogens (tertiary/aromatic N) is 2. The summed E-state index contributed by atoms with van der Waals surface area (Å²) < 4.78 is 39.2. The van der Waals surface area contributed by atoms with Gasteiger partial charge in [0.15, 0.2) is 5.13 Å². The molecule has 3 nitrogen and oxygen atoms in total. The van der Waals surface area contributed by atoms with Crippen molar-refractivity contribution in [2.75, 3.05) is 11.4 Å². The fraction of sp³-hybridized carbons (Fsp3) is 0.263. The van der Waals surface area contributed by atoms with E-state index in [1.807, 2.05) is 26.0 Å². The van der Waals surface area contributed by atoms with Crippen LogP contribution < -0.4 is 10.5 Å². The lowest BCUT2D eigenvalue weighted by atomic mass is 10.2. The number of aryl methyl sites for hydroxylation is 1. The molecule has 0 aliphatic rings. The van der Waals surface area contributed by atoms with Crippen LogP contribution in [0.3, 0.4) is 0 Å². The first-order valence-electron chi connectivity index (χ1n) is 8.16. The Labute approximate surface area is 152 Å². The van der Waals surface area contributed by atoms with Crippen LogP contribution in [0.2, 0.25) is 0 Å². The van der Waals surface area contributed by atoms with Crippen molar-refractivity contribution in [1.82, 2.24) is 4.98 Å². The summed E-state index contributed by atoms with van der Waals surface area (Å²) in [6.07, 6.45) is -3.62. The van der Waals surface area contributed by atoms with Gasteiger partial charge in [-0.15, -0.1) is 0 Å². The first-order chi connectivity index (χ1) is 12.3. The van der Waals surface area contributed by atoms with Gasteiger partial charge in [-0.2, -0.15) is 18.2 Å². The number of hydrogen-bond acceptors (Lipinski definition) is 4. The molecule has 0 amide bonds. The average molecular weight is 378 g/mol. The Kier molecular flexibility index (Phi) is 5.00. The molecule has 0 fully saturated rings. The van der Waals surface area contributed by atoms with Crippen LogP contribution in [0.5, 0.6) is 0 Å². The number of benzene rings is 2. The molecule has 7 heteroatoms. The number of fused-ring (bicyclic) bond motifs is 1. The molecule has 0 bridgehead atoms. The first kappa shape index (κ1) is 18.4. The highest BCUT2D eigenvalue weighted by Gasteiger charge is 2.30. The lowest BCUT2D eigenvalue weighted by molar-refractivity contribution is -0.137. The van der Waals surface area contributed by atoms with Gasteiger partial charge in [-0.25, -0.2) is 0 Å². The third kappa shape index (κ3) is 3.72. The number of hydrogen-bond donors (Lipinski definition) is 0. The maximum Gasteiger partial charge on any atom is 0.416 e. The van der Waals surface area contributed by atoms with Gasteiger partial charge >= 0.3 is 6.18 Å². The van der Waals surface area contributed by atoms with Crippen LogP contribution in [-0.4, -0.2) is 11.5 Å². The van der Waals surface area contributed by atoms with Crippen molar-refractivity contribution in [1.29, 1.82) is 0 Å². The molecule has 0 radical (unpaired) electrons. The standard InChI is InChI=1S/C19H17F3N2OS/c1-3-10-24(14-7-5-13(6-8-14)19(20,21)22)18-23-17(25)15-11-12(2)4-9-16(15)26-18/h4-9,11H,3,10H2,1-2H3. The molecular weight excluding hydrogens is 361 g/mol. The summed E-state index contributed by atoms with van der Waals surface area (Å²) in [5, 5.41) is 1.04. The third-order valence-electron chi connectivity index (χ3n) is 3.95. The highest BCUT2D eigenvalue weighted by molar-refractivity contribution is 7.21. The van der Waals surface area contributed by atoms with Crippen LogP contribution in [0, 0.1) is 6.92 Å². The molecule has 136 valence electrons. The Morgan fingerprint density at radius 1 is 1.12 bits per heavy atom. The summed E-state index contributed by atoms with van der Waals surface area (Å²) in [5.41, 5.74) is 0.525. The predicted octanol–water partition coefficient (Wildman–Crippen LogP) is 5.53. The van der Waals surface area contributed by atoms with Crippen LogP contribution in [-0.2, 0) is 6.18 Å². The van der Waals surface area contributed by atoms with Crippen LogP contribution >= 0.6 is 11.3 Å². The smallest absolute Gasteiger partial charge is 0.318 e. The van der Waals surface area contributed by atoms with Crippen molar-refractivity contribution >= 4 is 32.2 Å². The Bertz CT molecular complexity index is 981. The summed E-state index contributed by atoms with van der Waals surface area (Å²) in [4.78, 5) is 18.4. The minimum Gasteiger partial charge on any atom is -0.318 e. The molecule has 1 aromatic heterocycles. The van der Waals surface area contributed by atoms with E-state index >= 15 is 0 Å². The van der Waals surface area contributed by atoms with E-state index in [-0.39, 0.29) is 5.56 Å². The SMILES string of the molecule is CCCN(c1ccc(C(F)(F)F)cc1)c1nc(=O)c2cc(C)ccc2s1. The van der Waals surface area contributed by atoms with Crippen molar-refractivity contribution in [3.8, 4) is 0 Å². The van der Waals surface area contributed by atoms with Crippen molar-refractivity contribution in [3.05, 3.63) is 63.9 Å². The molecule has 3 rings (SSSR count). The van der Waals surface area contributed by atoms with E-state index in [1.54, 1.807) is 11.0 Å². The molecule has 0 aliphatic heterocycles. The molecule has 0 saturated carbocycles. The lowest BCUT2D eigenvalue weighted by Crippen LogP contribution is -2.21. The van der Waals surface area contributed by atoms with Crippen LogP contribution in [0.4, 0.5) is 24.0 Å². The van der Waals surface area contributed by atoms with Gasteiger partial charge in [0.05, 0.1) is 10.9 Å². The van der Waals surface area contributed by atoms with Gasteiger partial charge in [0, 0.05) is 16.9 Å².